The number of halogens is 2. The third kappa shape index (κ3) is 1.75. The molecule has 0 spiro atoms. The van der Waals surface area contributed by atoms with Crippen LogP contribution >= 0.6 is 23.2 Å². The van der Waals surface area contributed by atoms with E-state index in [-0.39, 0.29) is 11.5 Å². The van der Waals surface area contributed by atoms with E-state index < -0.39 is 0 Å². The van der Waals surface area contributed by atoms with Gasteiger partial charge in [-0.1, -0.05) is 30.7 Å². The highest BCUT2D eigenvalue weighted by Gasteiger charge is 2.56. The summed E-state index contributed by atoms with van der Waals surface area (Å²) in [6.45, 7) is 4.17. The highest BCUT2D eigenvalue weighted by Crippen LogP contribution is 2.53. The molecule has 1 saturated carbocycles. The van der Waals surface area contributed by atoms with E-state index in [0.29, 0.717) is 11.8 Å². The van der Waals surface area contributed by atoms with Gasteiger partial charge in [-0.25, -0.2) is 0 Å². The normalized spacial score (nSPS) is 30.2. The lowest BCUT2D eigenvalue weighted by molar-refractivity contribution is 0.471. The van der Waals surface area contributed by atoms with Crippen molar-refractivity contribution in [2.24, 2.45) is 11.7 Å². The van der Waals surface area contributed by atoms with Gasteiger partial charge in [-0.05, 0) is 36.5 Å². The average Bonchev–Trinajstić information content (AvgIpc) is 2.94. The first kappa shape index (κ1) is 12.2. The number of nitrogens with two attached hydrogens (primary N) is 1. The number of hydrogen-bond donors (Lipinski definition) is 1. The third-order valence-electron chi connectivity index (χ3n) is 3.88. The Morgan fingerprint density at radius 1 is 1.56 bits per heavy atom. The highest BCUT2D eigenvalue weighted by atomic mass is 35.5. The molecule has 1 nitrogen and oxygen atoms in total. The van der Waals surface area contributed by atoms with E-state index in [1.54, 1.807) is 0 Å². The molecule has 0 heterocycles. The van der Waals surface area contributed by atoms with E-state index in [1.807, 2.05) is 13.0 Å². The summed E-state index contributed by atoms with van der Waals surface area (Å²) < 4.78 is 0. The van der Waals surface area contributed by atoms with Gasteiger partial charge in [-0.3, -0.25) is 0 Å². The fraction of sp³-hybridized carbons (Fsp3) is 0.538. The van der Waals surface area contributed by atoms with Crippen LogP contribution in [0.2, 0.25) is 5.02 Å². The van der Waals surface area contributed by atoms with Crippen LogP contribution in [-0.2, 0) is 5.41 Å². The van der Waals surface area contributed by atoms with Gasteiger partial charge in [0, 0.05) is 22.4 Å². The molecule has 1 aliphatic rings. The Morgan fingerprint density at radius 3 is 2.62 bits per heavy atom. The van der Waals surface area contributed by atoms with Crippen molar-refractivity contribution in [3.05, 3.63) is 34.3 Å². The molecule has 3 atom stereocenters. The van der Waals surface area contributed by atoms with E-state index in [1.165, 1.54) is 5.56 Å². The molecule has 0 radical (unpaired) electrons. The zero-order valence-corrected chi connectivity index (χ0v) is 11.1. The molecule has 0 aromatic heterocycles. The lowest BCUT2D eigenvalue weighted by Gasteiger charge is -2.23. The highest BCUT2D eigenvalue weighted by molar-refractivity contribution is 6.31. The Balaban J connectivity index is 2.39. The van der Waals surface area contributed by atoms with E-state index in [0.717, 1.165) is 17.0 Å². The minimum atomic E-state index is 0.0547. The molecule has 16 heavy (non-hydrogen) atoms. The van der Waals surface area contributed by atoms with Gasteiger partial charge in [-0.15, -0.1) is 11.6 Å². The van der Waals surface area contributed by atoms with Crippen molar-refractivity contribution in [1.29, 1.82) is 0 Å². The second-order valence-electron chi connectivity index (χ2n) is 4.87. The third-order valence-corrected chi connectivity index (χ3v) is 4.75. The second kappa shape index (κ2) is 4.21. The predicted molar refractivity (Wildman–Crippen MR) is 70.3 cm³/mol. The van der Waals surface area contributed by atoms with E-state index >= 15 is 0 Å². The van der Waals surface area contributed by atoms with E-state index in [9.17, 15) is 0 Å². The molecular weight excluding hydrogens is 241 g/mol. The molecule has 1 fully saturated rings. The van der Waals surface area contributed by atoms with Crippen LogP contribution in [0.5, 0.6) is 0 Å². The van der Waals surface area contributed by atoms with Crippen LogP contribution in [0.1, 0.15) is 24.5 Å². The van der Waals surface area contributed by atoms with Crippen LogP contribution in [-0.4, -0.2) is 11.9 Å². The fourth-order valence-corrected chi connectivity index (χ4v) is 2.96. The molecule has 2 rings (SSSR count). The van der Waals surface area contributed by atoms with E-state index in [4.69, 9.17) is 28.9 Å². The quantitative estimate of drug-likeness (QED) is 0.825. The second-order valence-corrected chi connectivity index (χ2v) is 5.59. The van der Waals surface area contributed by atoms with Crippen LogP contribution in [0.25, 0.3) is 0 Å². The first-order chi connectivity index (χ1) is 7.52. The van der Waals surface area contributed by atoms with Crippen molar-refractivity contribution in [3.8, 4) is 0 Å². The standard InChI is InChI=1S/C13H17Cl2N/c1-8-3-4-10(5-11(8)15)13(6-12(13)16)9(2)7-14/h3-5,9,12H,6-7,16H2,1-2H3/t9-,12?,13?/m0/s1. The summed E-state index contributed by atoms with van der Waals surface area (Å²) >= 11 is 12.1. The van der Waals surface area contributed by atoms with Gasteiger partial charge in [0.15, 0.2) is 0 Å². The summed E-state index contributed by atoms with van der Waals surface area (Å²) in [5.74, 6) is 1.03. The molecule has 1 aromatic rings. The number of benzene rings is 1. The van der Waals surface area contributed by atoms with Gasteiger partial charge in [0.2, 0.25) is 0 Å². The summed E-state index contributed by atoms with van der Waals surface area (Å²) in [5.41, 5.74) is 8.50. The first-order valence-corrected chi connectivity index (χ1v) is 6.51. The van der Waals surface area contributed by atoms with Crippen molar-refractivity contribution in [2.75, 3.05) is 5.88 Å². The Bertz CT molecular complexity index is 405. The molecule has 1 aliphatic carbocycles. The molecule has 0 amide bonds. The van der Waals surface area contributed by atoms with Crippen molar-refractivity contribution in [1.82, 2.24) is 0 Å². The minimum absolute atomic E-state index is 0.0547. The van der Waals surface area contributed by atoms with Gasteiger partial charge in [0.1, 0.15) is 0 Å². The molecule has 2 unspecified atom stereocenters. The Morgan fingerprint density at radius 2 is 2.19 bits per heavy atom. The Labute approximate surface area is 107 Å². The van der Waals surface area contributed by atoms with Crippen molar-refractivity contribution >= 4 is 23.2 Å². The van der Waals surface area contributed by atoms with Crippen LogP contribution in [0, 0.1) is 12.8 Å². The number of alkyl halides is 1. The van der Waals surface area contributed by atoms with Gasteiger partial charge < -0.3 is 5.73 Å². The first-order valence-electron chi connectivity index (χ1n) is 5.60. The van der Waals surface area contributed by atoms with Gasteiger partial charge in [-0.2, -0.15) is 0 Å². The molecule has 2 N–H and O–H groups in total. The molecule has 3 heteroatoms. The Kier molecular flexibility index (Phi) is 3.22. The molecule has 0 bridgehead atoms. The summed E-state index contributed by atoms with van der Waals surface area (Å²) in [6.07, 6.45) is 1.01. The maximum Gasteiger partial charge on any atom is 0.0438 e. The summed E-state index contributed by atoms with van der Waals surface area (Å²) in [4.78, 5) is 0. The maximum absolute atomic E-state index is 6.17. The lowest BCUT2D eigenvalue weighted by atomic mass is 9.84. The minimum Gasteiger partial charge on any atom is -0.327 e. The van der Waals surface area contributed by atoms with Crippen molar-refractivity contribution in [2.45, 2.75) is 31.7 Å². The molecular formula is C13H17Cl2N. The lowest BCUT2D eigenvalue weighted by Crippen LogP contribution is -2.27. The van der Waals surface area contributed by atoms with Gasteiger partial charge in [0.05, 0.1) is 0 Å². The molecule has 1 aromatic carbocycles. The fourth-order valence-electron chi connectivity index (χ4n) is 2.51. The van der Waals surface area contributed by atoms with Crippen LogP contribution in [0.3, 0.4) is 0 Å². The monoisotopic (exact) mass is 257 g/mol. The van der Waals surface area contributed by atoms with Crippen molar-refractivity contribution in [3.63, 3.8) is 0 Å². The van der Waals surface area contributed by atoms with E-state index in [2.05, 4.69) is 19.1 Å². The van der Waals surface area contributed by atoms with Gasteiger partial charge >= 0.3 is 0 Å². The van der Waals surface area contributed by atoms with Crippen LogP contribution < -0.4 is 5.73 Å². The zero-order valence-electron chi connectivity index (χ0n) is 9.63. The smallest absolute Gasteiger partial charge is 0.0438 e. The topological polar surface area (TPSA) is 26.0 Å². The largest absolute Gasteiger partial charge is 0.327 e. The Hall–Kier alpha value is -0.240. The SMILES string of the molecule is Cc1ccc(C2([C@@H](C)CCl)CC2N)cc1Cl. The number of rotatable bonds is 3. The number of hydrogen-bond acceptors (Lipinski definition) is 1. The number of aryl methyl sites for hydroxylation is 1. The average molecular weight is 258 g/mol. The van der Waals surface area contributed by atoms with Gasteiger partial charge in [0.25, 0.3) is 0 Å². The maximum atomic E-state index is 6.17. The summed E-state index contributed by atoms with van der Waals surface area (Å²) in [5, 5.41) is 0.817. The van der Waals surface area contributed by atoms with Crippen molar-refractivity contribution < 1.29 is 0 Å². The predicted octanol–water partition coefficient (Wildman–Crippen LogP) is 3.49. The van der Waals surface area contributed by atoms with Crippen LogP contribution in [0.4, 0.5) is 0 Å². The molecule has 0 saturated heterocycles. The molecule has 0 aliphatic heterocycles. The zero-order chi connectivity index (χ0) is 11.9. The molecule has 88 valence electrons. The summed E-state index contributed by atoms with van der Waals surface area (Å²) in [6, 6.07) is 6.47. The van der Waals surface area contributed by atoms with Crippen LogP contribution in [0.15, 0.2) is 18.2 Å². The summed E-state index contributed by atoms with van der Waals surface area (Å²) in [7, 11) is 0.